The Morgan fingerprint density at radius 1 is 1.25 bits per heavy atom. The van der Waals surface area contributed by atoms with Gasteiger partial charge in [0.25, 0.3) is 0 Å². The van der Waals surface area contributed by atoms with Crippen LogP contribution in [-0.4, -0.2) is 10.4 Å². The number of hydrogen-bond donors (Lipinski definition) is 2. The van der Waals surface area contributed by atoms with E-state index in [2.05, 4.69) is 0 Å². The maximum Gasteiger partial charge on any atom is 0.119 e. The minimum absolute atomic E-state index is 0.373. The number of anilines is 1. The van der Waals surface area contributed by atoms with Crippen molar-refractivity contribution in [1.82, 2.24) is 0 Å². The van der Waals surface area contributed by atoms with Crippen LogP contribution in [0.3, 0.4) is 0 Å². The van der Waals surface area contributed by atoms with Crippen molar-refractivity contribution in [1.29, 1.82) is 0 Å². The lowest BCUT2D eigenvalue weighted by molar-refractivity contribution is 0.470. The van der Waals surface area contributed by atoms with Crippen LogP contribution in [0.4, 0.5) is 5.69 Å². The van der Waals surface area contributed by atoms with E-state index in [1.807, 2.05) is 17.8 Å². The SMILES string of the molecule is Nc1ccc(O)c(CSC2CCCCC2)c1. The Labute approximate surface area is 101 Å². The van der Waals surface area contributed by atoms with E-state index >= 15 is 0 Å². The fourth-order valence-corrected chi connectivity index (χ4v) is 3.47. The molecule has 88 valence electrons. The van der Waals surface area contributed by atoms with Crippen LogP contribution in [0.15, 0.2) is 18.2 Å². The second kappa shape index (κ2) is 5.48. The second-order valence-corrected chi connectivity index (χ2v) is 5.75. The van der Waals surface area contributed by atoms with E-state index in [1.54, 1.807) is 12.1 Å². The van der Waals surface area contributed by atoms with Crippen LogP contribution in [0.1, 0.15) is 37.7 Å². The number of aromatic hydroxyl groups is 1. The van der Waals surface area contributed by atoms with Crippen molar-refractivity contribution in [2.75, 3.05) is 5.73 Å². The molecule has 1 fully saturated rings. The summed E-state index contributed by atoms with van der Waals surface area (Å²) >= 11 is 1.96. The van der Waals surface area contributed by atoms with Gasteiger partial charge in [0.05, 0.1) is 0 Å². The molecule has 0 aliphatic heterocycles. The third-order valence-corrected chi connectivity index (χ3v) is 4.55. The summed E-state index contributed by atoms with van der Waals surface area (Å²) in [6.07, 6.45) is 6.77. The number of nitrogen functional groups attached to an aromatic ring is 1. The van der Waals surface area contributed by atoms with Crippen molar-refractivity contribution in [2.24, 2.45) is 0 Å². The number of thioether (sulfide) groups is 1. The topological polar surface area (TPSA) is 46.2 Å². The minimum Gasteiger partial charge on any atom is -0.508 e. The molecular weight excluding hydrogens is 218 g/mol. The van der Waals surface area contributed by atoms with Gasteiger partial charge in [0, 0.05) is 22.3 Å². The van der Waals surface area contributed by atoms with Crippen LogP contribution < -0.4 is 5.73 Å². The van der Waals surface area contributed by atoms with Gasteiger partial charge in [-0.15, -0.1) is 0 Å². The van der Waals surface area contributed by atoms with Crippen LogP contribution >= 0.6 is 11.8 Å². The van der Waals surface area contributed by atoms with Gasteiger partial charge in [-0.3, -0.25) is 0 Å². The Bertz CT molecular complexity index is 348. The lowest BCUT2D eigenvalue weighted by Gasteiger charge is -2.21. The molecule has 0 atom stereocenters. The van der Waals surface area contributed by atoms with Crippen LogP contribution in [0, 0.1) is 0 Å². The fourth-order valence-electron chi connectivity index (χ4n) is 2.16. The van der Waals surface area contributed by atoms with Crippen molar-refractivity contribution >= 4 is 17.4 Å². The predicted molar refractivity (Wildman–Crippen MR) is 70.7 cm³/mol. The normalized spacial score (nSPS) is 17.5. The fraction of sp³-hybridized carbons (Fsp3) is 0.538. The van der Waals surface area contributed by atoms with Crippen molar-refractivity contribution in [2.45, 2.75) is 43.1 Å². The van der Waals surface area contributed by atoms with Crippen molar-refractivity contribution in [3.63, 3.8) is 0 Å². The molecule has 1 aliphatic rings. The Hall–Kier alpha value is -0.830. The number of hydrogen-bond acceptors (Lipinski definition) is 3. The monoisotopic (exact) mass is 237 g/mol. The van der Waals surface area contributed by atoms with Gasteiger partial charge in [-0.05, 0) is 31.0 Å². The molecule has 0 spiro atoms. The Morgan fingerprint density at radius 3 is 2.75 bits per heavy atom. The van der Waals surface area contributed by atoms with Gasteiger partial charge in [-0.2, -0.15) is 11.8 Å². The van der Waals surface area contributed by atoms with Crippen LogP contribution in [0.25, 0.3) is 0 Å². The molecule has 2 nitrogen and oxygen atoms in total. The average molecular weight is 237 g/mol. The zero-order valence-corrected chi connectivity index (χ0v) is 10.3. The molecule has 0 unspecified atom stereocenters. The molecule has 0 radical (unpaired) electrons. The zero-order valence-electron chi connectivity index (χ0n) is 9.48. The van der Waals surface area contributed by atoms with Gasteiger partial charge in [-0.25, -0.2) is 0 Å². The molecule has 3 N–H and O–H groups in total. The average Bonchev–Trinajstić information content (AvgIpc) is 2.32. The molecule has 1 saturated carbocycles. The van der Waals surface area contributed by atoms with E-state index in [-0.39, 0.29) is 0 Å². The highest BCUT2D eigenvalue weighted by Gasteiger charge is 2.14. The van der Waals surface area contributed by atoms with Gasteiger partial charge in [0.15, 0.2) is 0 Å². The first-order valence-corrected chi connectivity index (χ1v) is 6.99. The number of phenols is 1. The number of nitrogens with two attached hydrogens (primary N) is 1. The third kappa shape index (κ3) is 3.08. The summed E-state index contributed by atoms with van der Waals surface area (Å²) in [6, 6.07) is 5.31. The molecule has 2 rings (SSSR count). The van der Waals surface area contributed by atoms with E-state index in [1.165, 1.54) is 32.1 Å². The molecule has 0 saturated heterocycles. The lowest BCUT2D eigenvalue weighted by atomic mass is 10.0. The molecule has 0 amide bonds. The van der Waals surface area contributed by atoms with Crippen LogP contribution in [0.5, 0.6) is 5.75 Å². The van der Waals surface area contributed by atoms with Crippen LogP contribution in [0.2, 0.25) is 0 Å². The molecule has 3 heteroatoms. The van der Waals surface area contributed by atoms with E-state index in [9.17, 15) is 5.11 Å². The van der Waals surface area contributed by atoms with Gasteiger partial charge >= 0.3 is 0 Å². The predicted octanol–water partition coefficient (Wildman–Crippen LogP) is 3.54. The van der Waals surface area contributed by atoms with Gasteiger partial charge in [0.2, 0.25) is 0 Å². The Kier molecular flexibility index (Phi) is 3.99. The molecule has 16 heavy (non-hydrogen) atoms. The molecule has 1 aliphatic carbocycles. The minimum atomic E-state index is 0.373. The van der Waals surface area contributed by atoms with Gasteiger partial charge in [-0.1, -0.05) is 19.3 Å². The molecule has 0 heterocycles. The molecular formula is C13H19NOS. The van der Waals surface area contributed by atoms with Crippen LogP contribution in [-0.2, 0) is 5.75 Å². The molecule has 0 aromatic heterocycles. The van der Waals surface area contributed by atoms with Crippen molar-refractivity contribution in [3.8, 4) is 5.75 Å². The summed E-state index contributed by atoms with van der Waals surface area (Å²) in [5.41, 5.74) is 7.42. The summed E-state index contributed by atoms with van der Waals surface area (Å²) in [5, 5.41) is 10.5. The summed E-state index contributed by atoms with van der Waals surface area (Å²) < 4.78 is 0. The largest absolute Gasteiger partial charge is 0.508 e. The second-order valence-electron chi connectivity index (χ2n) is 4.46. The summed E-state index contributed by atoms with van der Waals surface area (Å²) in [6.45, 7) is 0. The first kappa shape index (κ1) is 11.6. The maximum atomic E-state index is 9.70. The van der Waals surface area contributed by atoms with E-state index in [0.29, 0.717) is 5.75 Å². The van der Waals surface area contributed by atoms with Gasteiger partial charge in [0.1, 0.15) is 5.75 Å². The summed E-state index contributed by atoms with van der Waals surface area (Å²) in [4.78, 5) is 0. The molecule has 1 aromatic carbocycles. The number of benzene rings is 1. The number of rotatable bonds is 3. The Balaban J connectivity index is 1.90. The standard InChI is InChI=1S/C13H19NOS/c14-11-6-7-13(15)10(8-11)9-16-12-4-2-1-3-5-12/h6-8,12,15H,1-5,9,14H2. The first-order chi connectivity index (χ1) is 7.75. The summed E-state index contributed by atoms with van der Waals surface area (Å²) in [7, 11) is 0. The highest BCUT2D eigenvalue weighted by atomic mass is 32.2. The third-order valence-electron chi connectivity index (χ3n) is 3.13. The van der Waals surface area contributed by atoms with Crippen molar-refractivity contribution < 1.29 is 5.11 Å². The Morgan fingerprint density at radius 2 is 2.00 bits per heavy atom. The first-order valence-electron chi connectivity index (χ1n) is 5.94. The summed E-state index contributed by atoms with van der Waals surface area (Å²) in [5.74, 6) is 1.25. The quantitative estimate of drug-likeness (QED) is 0.624. The highest BCUT2D eigenvalue weighted by Crippen LogP contribution is 2.32. The van der Waals surface area contributed by atoms with Crippen molar-refractivity contribution in [3.05, 3.63) is 23.8 Å². The molecule has 0 bridgehead atoms. The van der Waals surface area contributed by atoms with E-state index in [0.717, 1.165) is 22.3 Å². The van der Waals surface area contributed by atoms with E-state index < -0.39 is 0 Å². The smallest absolute Gasteiger partial charge is 0.119 e. The maximum absolute atomic E-state index is 9.70. The van der Waals surface area contributed by atoms with E-state index in [4.69, 9.17) is 5.73 Å². The lowest BCUT2D eigenvalue weighted by Crippen LogP contribution is -2.08. The van der Waals surface area contributed by atoms with Gasteiger partial charge < -0.3 is 10.8 Å². The highest BCUT2D eigenvalue weighted by molar-refractivity contribution is 7.99. The zero-order chi connectivity index (χ0) is 11.4. The number of phenolic OH excluding ortho intramolecular Hbond substituents is 1. The molecule has 1 aromatic rings.